The van der Waals surface area contributed by atoms with Crippen molar-refractivity contribution in [1.29, 1.82) is 0 Å². The average Bonchev–Trinajstić information content (AvgIpc) is 2.87. The maximum Gasteiger partial charge on any atom is 0.241 e. The molecule has 0 aliphatic heterocycles. The molecule has 0 radical (unpaired) electrons. The smallest absolute Gasteiger partial charge is 0.240 e. The molecule has 0 aliphatic carbocycles. The number of rotatable bonds is 4. The van der Waals surface area contributed by atoms with Gasteiger partial charge in [0.25, 0.3) is 0 Å². The molecule has 22 heavy (non-hydrogen) atoms. The largest absolute Gasteiger partial charge is 0.241 e. The minimum Gasteiger partial charge on any atom is -0.240 e. The fourth-order valence-electron chi connectivity index (χ4n) is 2.33. The van der Waals surface area contributed by atoms with Crippen molar-refractivity contribution < 1.29 is 8.42 Å². The van der Waals surface area contributed by atoms with Gasteiger partial charge in [-0.1, -0.05) is 29.8 Å². The van der Waals surface area contributed by atoms with Crippen molar-refractivity contribution in [1.82, 2.24) is 9.71 Å². The van der Waals surface area contributed by atoms with E-state index in [1.54, 1.807) is 19.1 Å². The van der Waals surface area contributed by atoms with Crippen molar-refractivity contribution in [3.05, 3.63) is 58.6 Å². The van der Waals surface area contributed by atoms with Gasteiger partial charge in [-0.05, 0) is 37.6 Å². The van der Waals surface area contributed by atoms with Crippen molar-refractivity contribution in [3.8, 4) is 0 Å². The molecule has 0 fully saturated rings. The van der Waals surface area contributed by atoms with Gasteiger partial charge in [0.15, 0.2) is 0 Å². The summed E-state index contributed by atoms with van der Waals surface area (Å²) in [5.74, 6) is 0. The number of hydrogen-bond acceptors (Lipinski definition) is 4. The molecule has 6 heteroatoms. The molecule has 4 nitrogen and oxygen atoms in total. The van der Waals surface area contributed by atoms with Gasteiger partial charge in [-0.3, -0.25) is 0 Å². The predicted molar refractivity (Wildman–Crippen MR) is 89.6 cm³/mol. The predicted octanol–water partition coefficient (Wildman–Crippen LogP) is 3.39. The first-order chi connectivity index (χ1) is 10.5. The molecule has 0 bridgehead atoms. The third-order valence-electron chi connectivity index (χ3n) is 3.37. The van der Waals surface area contributed by atoms with Crippen LogP contribution in [0.4, 0.5) is 0 Å². The van der Waals surface area contributed by atoms with E-state index in [-0.39, 0.29) is 6.54 Å². The highest BCUT2D eigenvalue weighted by Gasteiger charge is 2.17. The van der Waals surface area contributed by atoms with Crippen LogP contribution in [0.15, 0.2) is 47.4 Å². The van der Waals surface area contributed by atoms with E-state index in [4.69, 9.17) is 0 Å². The molecule has 3 rings (SSSR count). The zero-order valence-corrected chi connectivity index (χ0v) is 14.0. The number of nitrogens with zero attached hydrogens (tertiary/aromatic N) is 1. The van der Waals surface area contributed by atoms with E-state index >= 15 is 0 Å². The third kappa shape index (κ3) is 3.04. The Kier molecular flexibility index (Phi) is 3.99. The standard InChI is InChI=1S/C16H16N2O2S2/c1-11-7-8-15(12(2)9-11)22(19,20)17-10-16-18-13-5-3-4-6-14(13)21-16/h3-9,17H,10H2,1-2H3. The molecule has 1 heterocycles. The van der Waals surface area contributed by atoms with Crippen molar-refractivity contribution >= 4 is 31.6 Å². The second-order valence-electron chi connectivity index (χ2n) is 5.17. The molecular weight excluding hydrogens is 316 g/mol. The van der Waals surface area contributed by atoms with Gasteiger partial charge in [0.05, 0.1) is 21.7 Å². The molecule has 1 N–H and O–H groups in total. The van der Waals surface area contributed by atoms with Crippen LogP contribution in [0.5, 0.6) is 0 Å². The molecule has 0 amide bonds. The number of sulfonamides is 1. The van der Waals surface area contributed by atoms with Crippen molar-refractivity contribution in [2.75, 3.05) is 0 Å². The molecule has 1 aromatic heterocycles. The summed E-state index contributed by atoms with van der Waals surface area (Å²) in [4.78, 5) is 4.76. The first-order valence-corrected chi connectivity index (χ1v) is 9.17. The lowest BCUT2D eigenvalue weighted by Gasteiger charge is -2.08. The van der Waals surface area contributed by atoms with E-state index in [1.165, 1.54) is 11.3 Å². The molecule has 0 saturated heterocycles. The quantitative estimate of drug-likeness (QED) is 0.796. The molecule has 2 aromatic carbocycles. The second kappa shape index (κ2) is 5.79. The minimum atomic E-state index is -3.53. The highest BCUT2D eigenvalue weighted by Crippen LogP contribution is 2.22. The number of para-hydroxylation sites is 1. The molecule has 0 spiro atoms. The maximum absolute atomic E-state index is 12.4. The summed E-state index contributed by atoms with van der Waals surface area (Å²) < 4.78 is 28.5. The Bertz CT molecular complexity index is 897. The van der Waals surface area contributed by atoms with Gasteiger partial charge in [-0.15, -0.1) is 11.3 Å². The molecule has 114 valence electrons. The number of fused-ring (bicyclic) bond motifs is 1. The van der Waals surface area contributed by atoms with Crippen LogP contribution in [0.3, 0.4) is 0 Å². The van der Waals surface area contributed by atoms with Crippen LogP contribution in [0.25, 0.3) is 10.2 Å². The van der Waals surface area contributed by atoms with E-state index in [0.29, 0.717) is 4.90 Å². The van der Waals surface area contributed by atoms with Gasteiger partial charge in [0.1, 0.15) is 5.01 Å². The fourth-order valence-corrected chi connectivity index (χ4v) is 4.54. The normalized spacial score (nSPS) is 11.9. The number of hydrogen-bond donors (Lipinski definition) is 1. The number of benzene rings is 2. The molecular formula is C16H16N2O2S2. The van der Waals surface area contributed by atoms with E-state index in [0.717, 1.165) is 26.4 Å². The second-order valence-corrected chi connectivity index (χ2v) is 8.02. The SMILES string of the molecule is Cc1ccc(S(=O)(=O)NCc2nc3ccccc3s2)c(C)c1. The van der Waals surface area contributed by atoms with Gasteiger partial charge in [-0.25, -0.2) is 18.1 Å². The van der Waals surface area contributed by atoms with E-state index in [1.807, 2.05) is 37.3 Å². The number of aromatic nitrogens is 1. The first kappa shape index (κ1) is 15.1. The van der Waals surface area contributed by atoms with Crippen molar-refractivity contribution in [2.45, 2.75) is 25.3 Å². The van der Waals surface area contributed by atoms with Crippen LogP contribution < -0.4 is 4.72 Å². The number of aryl methyl sites for hydroxylation is 2. The summed E-state index contributed by atoms with van der Waals surface area (Å²) >= 11 is 1.50. The van der Waals surface area contributed by atoms with Gasteiger partial charge >= 0.3 is 0 Å². The Balaban J connectivity index is 1.82. The summed E-state index contributed by atoms with van der Waals surface area (Å²) in [6, 6.07) is 13.1. The summed E-state index contributed by atoms with van der Waals surface area (Å²) in [5.41, 5.74) is 2.69. The molecule has 0 saturated carbocycles. The molecule has 0 unspecified atom stereocenters. The molecule has 0 atom stereocenters. The van der Waals surface area contributed by atoms with Crippen LogP contribution in [-0.2, 0) is 16.6 Å². The van der Waals surface area contributed by atoms with Gasteiger partial charge in [0, 0.05) is 0 Å². The zero-order chi connectivity index (χ0) is 15.7. The van der Waals surface area contributed by atoms with E-state index in [9.17, 15) is 8.42 Å². The van der Waals surface area contributed by atoms with Gasteiger partial charge < -0.3 is 0 Å². The van der Waals surface area contributed by atoms with E-state index < -0.39 is 10.0 Å². The maximum atomic E-state index is 12.4. The lowest BCUT2D eigenvalue weighted by Crippen LogP contribution is -2.23. The Morgan fingerprint density at radius 2 is 1.91 bits per heavy atom. The summed E-state index contributed by atoms with van der Waals surface area (Å²) in [7, 11) is -3.53. The van der Waals surface area contributed by atoms with Crippen LogP contribution in [-0.4, -0.2) is 13.4 Å². The van der Waals surface area contributed by atoms with Crippen LogP contribution >= 0.6 is 11.3 Å². The van der Waals surface area contributed by atoms with Crippen LogP contribution in [0.2, 0.25) is 0 Å². The fraction of sp³-hybridized carbons (Fsp3) is 0.188. The van der Waals surface area contributed by atoms with Crippen LogP contribution in [0.1, 0.15) is 16.1 Å². The molecule has 3 aromatic rings. The molecule has 0 aliphatic rings. The Labute approximate surface area is 133 Å². The van der Waals surface area contributed by atoms with Crippen LogP contribution in [0, 0.1) is 13.8 Å². The highest BCUT2D eigenvalue weighted by molar-refractivity contribution is 7.89. The van der Waals surface area contributed by atoms with E-state index in [2.05, 4.69) is 9.71 Å². The van der Waals surface area contributed by atoms with Crippen molar-refractivity contribution in [2.24, 2.45) is 0 Å². The lowest BCUT2D eigenvalue weighted by molar-refractivity contribution is 0.580. The van der Waals surface area contributed by atoms with Crippen molar-refractivity contribution in [3.63, 3.8) is 0 Å². The summed E-state index contributed by atoms with van der Waals surface area (Å²) in [6.45, 7) is 3.95. The highest BCUT2D eigenvalue weighted by atomic mass is 32.2. The Hall–Kier alpha value is -1.76. The topological polar surface area (TPSA) is 59.1 Å². The average molecular weight is 332 g/mol. The lowest BCUT2D eigenvalue weighted by atomic mass is 10.2. The Morgan fingerprint density at radius 1 is 1.14 bits per heavy atom. The number of nitrogens with one attached hydrogen (secondary N) is 1. The zero-order valence-electron chi connectivity index (χ0n) is 12.3. The minimum absolute atomic E-state index is 0.203. The first-order valence-electron chi connectivity index (χ1n) is 6.87. The third-order valence-corrected chi connectivity index (χ3v) is 5.97. The monoisotopic (exact) mass is 332 g/mol. The Morgan fingerprint density at radius 3 is 2.64 bits per heavy atom. The summed E-state index contributed by atoms with van der Waals surface area (Å²) in [5, 5.41) is 0.759. The van der Waals surface area contributed by atoms with Gasteiger partial charge in [0.2, 0.25) is 10.0 Å². The summed E-state index contributed by atoms with van der Waals surface area (Å²) in [6.07, 6.45) is 0. The van der Waals surface area contributed by atoms with Gasteiger partial charge in [-0.2, -0.15) is 0 Å². The number of thiazole rings is 1.